The SMILES string of the molecule is O=C(NC[C@H]1CCCCN1)c1sccc1S(=O)(=O)N1CCOc2ccccc2C1. The van der Waals surface area contributed by atoms with Crippen molar-refractivity contribution in [3.05, 3.63) is 46.2 Å². The number of benzene rings is 1. The average molecular weight is 436 g/mol. The summed E-state index contributed by atoms with van der Waals surface area (Å²) >= 11 is 1.16. The molecule has 1 fully saturated rings. The van der Waals surface area contributed by atoms with E-state index < -0.39 is 10.0 Å². The largest absolute Gasteiger partial charge is 0.492 e. The summed E-state index contributed by atoms with van der Waals surface area (Å²) in [5, 5.41) is 7.94. The minimum Gasteiger partial charge on any atom is -0.492 e. The Hall–Kier alpha value is -1.94. The molecule has 3 heterocycles. The molecule has 0 bridgehead atoms. The lowest BCUT2D eigenvalue weighted by Gasteiger charge is -2.23. The summed E-state index contributed by atoms with van der Waals surface area (Å²) < 4.78 is 33.7. The number of fused-ring (bicyclic) bond motifs is 1. The molecule has 0 aliphatic carbocycles. The van der Waals surface area contributed by atoms with Crippen molar-refractivity contribution in [2.45, 2.75) is 36.7 Å². The topological polar surface area (TPSA) is 87.7 Å². The van der Waals surface area contributed by atoms with Crippen LogP contribution in [0.15, 0.2) is 40.6 Å². The number of amides is 1. The van der Waals surface area contributed by atoms with Gasteiger partial charge in [0.2, 0.25) is 10.0 Å². The molecule has 0 spiro atoms. The summed E-state index contributed by atoms with van der Waals surface area (Å²) in [7, 11) is -3.82. The number of thiophene rings is 1. The third-order valence-corrected chi connectivity index (χ3v) is 8.22. The van der Waals surface area contributed by atoms with E-state index in [-0.39, 0.29) is 41.4 Å². The molecule has 2 N–H and O–H groups in total. The molecule has 0 unspecified atom stereocenters. The molecule has 2 aliphatic heterocycles. The van der Waals surface area contributed by atoms with Crippen molar-refractivity contribution >= 4 is 27.3 Å². The van der Waals surface area contributed by atoms with Crippen molar-refractivity contribution < 1.29 is 17.9 Å². The van der Waals surface area contributed by atoms with Gasteiger partial charge in [0.15, 0.2) is 0 Å². The first-order valence-electron chi connectivity index (χ1n) is 9.85. The number of hydrogen-bond acceptors (Lipinski definition) is 6. The van der Waals surface area contributed by atoms with Crippen LogP contribution in [0.1, 0.15) is 34.5 Å². The number of rotatable bonds is 5. The quantitative estimate of drug-likeness (QED) is 0.752. The molecule has 2 aromatic rings. The first-order chi connectivity index (χ1) is 14.1. The minimum absolute atomic E-state index is 0.0657. The monoisotopic (exact) mass is 435 g/mol. The Kier molecular flexibility index (Phi) is 6.19. The molecule has 29 heavy (non-hydrogen) atoms. The molecular formula is C20H25N3O4S2. The molecule has 4 rings (SSSR count). The third-order valence-electron chi connectivity index (χ3n) is 5.29. The van der Waals surface area contributed by atoms with Gasteiger partial charge in [0.1, 0.15) is 22.1 Å². The second-order valence-electron chi connectivity index (χ2n) is 7.27. The van der Waals surface area contributed by atoms with Gasteiger partial charge in [0.25, 0.3) is 5.91 Å². The number of nitrogens with one attached hydrogen (secondary N) is 2. The van der Waals surface area contributed by atoms with Crippen molar-refractivity contribution in [2.24, 2.45) is 0 Å². The van der Waals surface area contributed by atoms with Crippen molar-refractivity contribution in [1.29, 1.82) is 0 Å². The molecule has 1 aromatic carbocycles. The normalized spacial score (nSPS) is 20.3. The van der Waals surface area contributed by atoms with Gasteiger partial charge < -0.3 is 15.4 Å². The van der Waals surface area contributed by atoms with Crippen LogP contribution >= 0.6 is 11.3 Å². The van der Waals surface area contributed by atoms with Gasteiger partial charge >= 0.3 is 0 Å². The highest BCUT2D eigenvalue weighted by Crippen LogP contribution is 2.29. The van der Waals surface area contributed by atoms with Crippen molar-refractivity contribution in [3.8, 4) is 5.75 Å². The first kappa shape index (κ1) is 20.3. The lowest BCUT2D eigenvalue weighted by atomic mass is 10.1. The Morgan fingerprint density at radius 2 is 2.14 bits per heavy atom. The van der Waals surface area contributed by atoms with Crippen LogP contribution in [0, 0.1) is 0 Å². The van der Waals surface area contributed by atoms with E-state index in [2.05, 4.69) is 10.6 Å². The maximum absolute atomic E-state index is 13.3. The van der Waals surface area contributed by atoms with Crippen molar-refractivity contribution in [2.75, 3.05) is 26.2 Å². The molecule has 0 radical (unpaired) electrons. The van der Waals surface area contributed by atoms with Crippen LogP contribution in [-0.2, 0) is 16.6 Å². The van der Waals surface area contributed by atoms with Gasteiger partial charge in [0.05, 0.1) is 0 Å². The lowest BCUT2D eigenvalue weighted by Crippen LogP contribution is -2.43. The fraction of sp³-hybridized carbons (Fsp3) is 0.450. The molecule has 1 amide bonds. The molecule has 2 aliphatic rings. The fourth-order valence-electron chi connectivity index (χ4n) is 3.71. The van der Waals surface area contributed by atoms with E-state index in [0.717, 1.165) is 42.7 Å². The highest BCUT2D eigenvalue weighted by atomic mass is 32.2. The summed E-state index contributed by atoms with van der Waals surface area (Å²) in [4.78, 5) is 13.0. The molecule has 156 valence electrons. The van der Waals surface area contributed by atoms with E-state index in [1.54, 1.807) is 5.38 Å². The van der Waals surface area contributed by atoms with Crippen LogP contribution in [0.5, 0.6) is 5.75 Å². The Morgan fingerprint density at radius 1 is 1.28 bits per heavy atom. The fourth-order valence-corrected chi connectivity index (χ4v) is 6.43. The van der Waals surface area contributed by atoms with Crippen LogP contribution in [0.3, 0.4) is 0 Å². The van der Waals surface area contributed by atoms with Gasteiger partial charge in [-0.15, -0.1) is 11.3 Å². The molecule has 1 aromatic heterocycles. The Balaban J connectivity index is 1.51. The van der Waals surface area contributed by atoms with E-state index >= 15 is 0 Å². The van der Waals surface area contributed by atoms with Gasteiger partial charge in [-0.2, -0.15) is 4.31 Å². The van der Waals surface area contributed by atoms with Gasteiger partial charge in [-0.3, -0.25) is 4.79 Å². The summed E-state index contributed by atoms with van der Waals surface area (Å²) in [5.74, 6) is 0.367. The third kappa shape index (κ3) is 4.48. The van der Waals surface area contributed by atoms with Crippen molar-refractivity contribution in [3.63, 3.8) is 0 Å². The summed E-state index contributed by atoms with van der Waals surface area (Å²) in [6, 6.07) is 9.19. The standard InChI is InChI=1S/C20H25N3O4S2/c24-20(22-13-16-6-3-4-9-21-16)19-18(8-12-28-19)29(25,26)23-10-11-27-17-7-2-1-5-15(17)14-23/h1-2,5,7-8,12,16,21H,3-4,6,9-11,13-14H2,(H,22,24)/t16-/m1/s1. The molecule has 1 atom stereocenters. The number of piperidine rings is 1. The van der Waals surface area contributed by atoms with E-state index in [9.17, 15) is 13.2 Å². The van der Waals surface area contributed by atoms with E-state index in [0.29, 0.717) is 12.3 Å². The zero-order chi connectivity index (χ0) is 20.3. The zero-order valence-corrected chi connectivity index (χ0v) is 17.7. The summed E-state index contributed by atoms with van der Waals surface area (Å²) in [6.07, 6.45) is 3.31. The van der Waals surface area contributed by atoms with Gasteiger partial charge in [-0.25, -0.2) is 8.42 Å². The predicted octanol–water partition coefficient (Wildman–Crippen LogP) is 2.20. The maximum Gasteiger partial charge on any atom is 0.262 e. The van der Waals surface area contributed by atoms with Gasteiger partial charge in [0, 0.05) is 31.2 Å². The van der Waals surface area contributed by atoms with Crippen LogP contribution in [0.2, 0.25) is 0 Å². The molecule has 1 saturated heterocycles. The molecule has 9 heteroatoms. The lowest BCUT2D eigenvalue weighted by molar-refractivity contribution is 0.0948. The van der Waals surface area contributed by atoms with Gasteiger partial charge in [-0.1, -0.05) is 24.6 Å². The van der Waals surface area contributed by atoms with Crippen molar-refractivity contribution in [1.82, 2.24) is 14.9 Å². The second kappa shape index (κ2) is 8.83. The number of carbonyl (C=O) groups excluding carboxylic acids is 1. The Morgan fingerprint density at radius 3 is 2.97 bits per heavy atom. The van der Waals surface area contributed by atoms with Crippen LogP contribution in [-0.4, -0.2) is 50.9 Å². The Bertz CT molecular complexity index is 968. The highest BCUT2D eigenvalue weighted by molar-refractivity contribution is 7.89. The van der Waals surface area contributed by atoms with E-state index in [4.69, 9.17) is 4.74 Å². The van der Waals surface area contributed by atoms with Gasteiger partial charge in [-0.05, 0) is 36.9 Å². The molecular weight excluding hydrogens is 410 g/mol. The summed E-state index contributed by atoms with van der Waals surface area (Å²) in [6.45, 7) is 2.19. The first-order valence-corrected chi connectivity index (χ1v) is 12.2. The average Bonchev–Trinajstić information content (AvgIpc) is 3.14. The summed E-state index contributed by atoms with van der Waals surface area (Å²) in [5.41, 5.74) is 0.818. The number of hydrogen-bond donors (Lipinski definition) is 2. The second-order valence-corrected chi connectivity index (χ2v) is 10.1. The highest BCUT2D eigenvalue weighted by Gasteiger charge is 2.32. The van der Waals surface area contributed by atoms with E-state index in [1.807, 2.05) is 24.3 Å². The number of carbonyl (C=O) groups is 1. The number of ether oxygens (including phenoxy) is 1. The Labute approximate surface area is 175 Å². The molecule has 7 nitrogen and oxygen atoms in total. The number of para-hydroxylation sites is 1. The predicted molar refractivity (Wildman–Crippen MR) is 112 cm³/mol. The van der Waals surface area contributed by atoms with E-state index in [1.165, 1.54) is 10.4 Å². The maximum atomic E-state index is 13.3. The van der Waals surface area contributed by atoms with Crippen LogP contribution < -0.4 is 15.4 Å². The number of nitrogens with zero attached hydrogens (tertiary/aromatic N) is 1. The van der Waals surface area contributed by atoms with Crippen LogP contribution in [0.4, 0.5) is 0 Å². The zero-order valence-electron chi connectivity index (χ0n) is 16.1. The minimum atomic E-state index is -3.82. The molecule has 0 saturated carbocycles. The number of sulfonamides is 1. The smallest absolute Gasteiger partial charge is 0.262 e. The van der Waals surface area contributed by atoms with Crippen LogP contribution in [0.25, 0.3) is 0 Å².